The summed E-state index contributed by atoms with van der Waals surface area (Å²) in [4.78, 5) is 12.7. The Kier molecular flexibility index (Phi) is 6.29. The van der Waals surface area contributed by atoms with Gasteiger partial charge in [-0.15, -0.1) is 0 Å². The molecule has 0 amide bonds. The summed E-state index contributed by atoms with van der Waals surface area (Å²) < 4.78 is 53.6. The van der Waals surface area contributed by atoms with Crippen molar-refractivity contribution in [2.75, 3.05) is 13.2 Å². The zero-order valence-corrected chi connectivity index (χ0v) is 17.0. The largest absolute Gasteiger partial charge is 0.458 e. The number of ether oxygens (including phenoxy) is 2. The number of esters is 1. The molecular weight excluding hydrogens is 433 g/mol. The minimum absolute atomic E-state index is 0.0300. The van der Waals surface area contributed by atoms with Crippen LogP contribution in [0.5, 0.6) is 0 Å². The highest BCUT2D eigenvalue weighted by atomic mass is 35.5. The van der Waals surface area contributed by atoms with Crippen LogP contribution in [0.15, 0.2) is 42.5 Å². The van der Waals surface area contributed by atoms with E-state index in [2.05, 4.69) is 5.10 Å². The maximum atomic E-state index is 14.5. The number of carbonyl (C=O) groups is 1. The van der Waals surface area contributed by atoms with E-state index >= 15 is 0 Å². The summed E-state index contributed by atoms with van der Waals surface area (Å²) >= 11 is 6.44. The van der Waals surface area contributed by atoms with E-state index in [0.29, 0.717) is 12.2 Å². The van der Waals surface area contributed by atoms with Crippen LogP contribution in [0.2, 0.25) is 5.02 Å². The van der Waals surface area contributed by atoms with Crippen molar-refractivity contribution in [1.29, 1.82) is 0 Å². The van der Waals surface area contributed by atoms with E-state index in [4.69, 9.17) is 21.1 Å². The first-order valence-electron chi connectivity index (χ1n) is 9.72. The van der Waals surface area contributed by atoms with Gasteiger partial charge in [-0.1, -0.05) is 11.6 Å². The first kappa shape index (κ1) is 21.4. The number of hydrogen-bond acceptors (Lipinski definition) is 4. The standard InChI is InChI=1S/C22H18ClF3N2O3/c23-19-20(22(29)31-12-16-3-1-2-10-30-16)27-28(18-11-15(25)8-9-17(18)26)21(19)13-4-6-14(24)7-5-13/h4-9,11,16H,1-3,10,12H2. The van der Waals surface area contributed by atoms with Gasteiger partial charge in [-0.25, -0.2) is 22.6 Å². The summed E-state index contributed by atoms with van der Waals surface area (Å²) in [6.07, 6.45) is 2.49. The summed E-state index contributed by atoms with van der Waals surface area (Å²) in [6, 6.07) is 7.99. The second-order valence-electron chi connectivity index (χ2n) is 7.11. The molecule has 0 aliphatic carbocycles. The fourth-order valence-corrected chi connectivity index (χ4v) is 3.69. The molecule has 1 aliphatic rings. The summed E-state index contributed by atoms with van der Waals surface area (Å²) in [5.74, 6) is -2.79. The van der Waals surface area contributed by atoms with Gasteiger partial charge < -0.3 is 9.47 Å². The van der Waals surface area contributed by atoms with Crippen molar-refractivity contribution in [1.82, 2.24) is 9.78 Å². The van der Waals surface area contributed by atoms with Gasteiger partial charge in [0.25, 0.3) is 0 Å². The highest BCUT2D eigenvalue weighted by molar-refractivity contribution is 6.35. The third-order valence-corrected chi connectivity index (χ3v) is 5.31. The number of nitrogens with zero attached hydrogens (tertiary/aromatic N) is 2. The summed E-state index contributed by atoms with van der Waals surface area (Å²) in [5.41, 5.74) is -0.0550. The lowest BCUT2D eigenvalue weighted by atomic mass is 10.1. The molecule has 0 N–H and O–H groups in total. The van der Waals surface area contributed by atoms with Crippen molar-refractivity contribution >= 4 is 17.6 Å². The van der Waals surface area contributed by atoms with Gasteiger partial charge in [-0.3, -0.25) is 0 Å². The van der Waals surface area contributed by atoms with E-state index in [1.54, 1.807) is 0 Å². The molecule has 1 fully saturated rings. The average Bonchev–Trinajstić information content (AvgIpc) is 3.12. The molecule has 1 aliphatic heterocycles. The Morgan fingerprint density at radius 2 is 1.87 bits per heavy atom. The summed E-state index contributed by atoms with van der Waals surface area (Å²) in [7, 11) is 0. The molecule has 1 atom stereocenters. The second-order valence-corrected chi connectivity index (χ2v) is 7.49. The number of carbonyl (C=O) groups excluding carboxylic acids is 1. The average molecular weight is 451 g/mol. The van der Waals surface area contributed by atoms with Gasteiger partial charge in [0.2, 0.25) is 0 Å². The Morgan fingerprint density at radius 3 is 2.58 bits per heavy atom. The molecule has 2 aromatic carbocycles. The molecule has 9 heteroatoms. The van der Waals surface area contributed by atoms with Gasteiger partial charge in [0, 0.05) is 18.2 Å². The molecule has 3 aromatic rings. The normalized spacial score (nSPS) is 16.3. The van der Waals surface area contributed by atoms with Gasteiger partial charge in [0.1, 0.15) is 34.8 Å². The third kappa shape index (κ3) is 4.60. The molecular formula is C22H18ClF3N2O3. The Hall–Kier alpha value is -2.84. The number of benzene rings is 2. The van der Waals surface area contributed by atoms with Gasteiger partial charge in [0.15, 0.2) is 5.69 Å². The minimum Gasteiger partial charge on any atom is -0.458 e. The molecule has 0 spiro atoms. The predicted molar refractivity (Wildman–Crippen MR) is 108 cm³/mol. The lowest BCUT2D eigenvalue weighted by Crippen LogP contribution is -2.26. The smallest absolute Gasteiger partial charge is 0.360 e. The first-order valence-corrected chi connectivity index (χ1v) is 10.1. The number of hydrogen-bond donors (Lipinski definition) is 0. The number of halogens is 4. The highest BCUT2D eigenvalue weighted by Crippen LogP contribution is 2.34. The van der Waals surface area contributed by atoms with Gasteiger partial charge in [-0.2, -0.15) is 5.10 Å². The fraction of sp³-hybridized carbons (Fsp3) is 0.273. The maximum Gasteiger partial charge on any atom is 0.360 e. The molecule has 1 unspecified atom stereocenters. The molecule has 1 saturated heterocycles. The lowest BCUT2D eigenvalue weighted by Gasteiger charge is -2.21. The van der Waals surface area contributed by atoms with E-state index in [1.165, 1.54) is 24.3 Å². The zero-order chi connectivity index (χ0) is 22.0. The molecule has 2 heterocycles. The predicted octanol–water partition coefficient (Wildman–Crippen LogP) is 5.34. The van der Waals surface area contributed by atoms with Crippen molar-refractivity contribution in [3.05, 3.63) is 70.6 Å². The summed E-state index contributed by atoms with van der Waals surface area (Å²) in [6.45, 7) is 0.632. The lowest BCUT2D eigenvalue weighted by molar-refractivity contribution is -0.0302. The maximum absolute atomic E-state index is 14.5. The first-order chi connectivity index (χ1) is 14.9. The molecule has 0 radical (unpaired) electrons. The highest BCUT2D eigenvalue weighted by Gasteiger charge is 2.27. The van der Waals surface area contributed by atoms with Crippen LogP contribution in [0.3, 0.4) is 0 Å². The van der Waals surface area contributed by atoms with Crippen molar-refractivity contribution in [3.63, 3.8) is 0 Å². The van der Waals surface area contributed by atoms with Crippen LogP contribution in [0.4, 0.5) is 13.2 Å². The van der Waals surface area contributed by atoms with Crippen LogP contribution in [0.1, 0.15) is 29.8 Å². The SMILES string of the molecule is O=C(OCC1CCCCO1)c1nn(-c2cc(F)ccc2F)c(-c2ccc(F)cc2)c1Cl. The van der Waals surface area contributed by atoms with Gasteiger partial charge in [0.05, 0.1) is 11.8 Å². The molecule has 4 rings (SSSR count). The van der Waals surface area contributed by atoms with Crippen molar-refractivity contribution in [3.8, 4) is 16.9 Å². The molecule has 31 heavy (non-hydrogen) atoms. The quantitative estimate of drug-likeness (QED) is 0.493. The van der Waals surface area contributed by atoms with Crippen molar-refractivity contribution < 1.29 is 27.4 Å². The molecule has 0 bridgehead atoms. The Morgan fingerprint density at radius 1 is 1.13 bits per heavy atom. The van der Waals surface area contributed by atoms with Gasteiger partial charge >= 0.3 is 5.97 Å². The summed E-state index contributed by atoms with van der Waals surface area (Å²) in [5, 5.41) is 3.99. The Labute approximate surface area is 181 Å². The third-order valence-electron chi connectivity index (χ3n) is 4.95. The van der Waals surface area contributed by atoms with E-state index in [1.807, 2.05) is 0 Å². The van der Waals surface area contributed by atoms with Crippen LogP contribution in [-0.4, -0.2) is 35.1 Å². The van der Waals surface area contributed by atoms with E-state index in [-0.39, 0.29) is 34.8 Å². The van der Waals surface area contributed by atoms with E-state index in [9.17, 15) is 18.0 Å². The van der Waals surface area contributed by atoms with Crippen LogP contribution in [0.25, 0.3) is 16.9 Å². The molecule has 162 valence electrons. The minimum atomic E-state index is -0.821. The number of aromatic nitrogens is 2. The zero-order valence-electron chi connectivity index (χ0n) is 16.3. The molecule has 5 nitrogen and oxygen atoms in total. The molecule has 1 aromatic heterocycles. The van der Waals surface area contributed by atoms with Crippen molar-refractivity contribution in [2.45, 2.75) is 25.4 Å². The Balaban J connectivity index is 1.73. The second kappa shape index (κ2) is 9.11. The monoisotopic (exact) mass is 450 g/mol. The van der Waals surface area contributed by atoms with E-state index < -0.39 is 23.4 Å². The van der Waals surface area contributed by atoms with Gasteiger partial charge in [-0.05, 0) is 55.7 Å². The van der Waals surface area contributed by atoms with Crippen LogP contribution in [0, 0.1) is 17.5 Å². The van der Waals surface area contributed by atoms with Crippen molar-refractivity contribution in [2.24, 2.45) is 0 Å². The van der Waals surface area contributed by atoms with Crippen LogP contribution in [-0.2, 0) is 9.47 Å². The number of rotatable bonds is 5. The van der Waals surface area contributed by atoms with E-state index in [0.717, 1.165) is 42.1 Å². The Bertz CT molecular complexity index is 1100. The fourth-order valence-electron chi connectivity index (χ4n) is 3.38. The topological polar surface area (TPSA) is 53.4 Å². The molecule has 0 saturated carbocycles. The van der Waals surface area contributed by atoms with Crippen LogP contribution < -0.4 is 0 Å². The van der Waals surface area contributed by atoms with Crippen LogP contribution >= 0.6 is 11.6 Å².